The van der Waals surface area contributed by atoms with Gasteiger partial charge >= 0.3 is 6.03 Å². The Balaban J connectivity index is 1.53. The van der Waals surface area contributed by atoms with Crippen molar-refractivity contribution in [1.82, 2.24) is 15.2 Å². The van der Waals surface area contributed by atoms with Crippen molar-refractivity contribution < 1.29 is 14.3 Å². The Kier molecular flexibility index (Phi) is 6.82. The topological polar surface area (TPSA) is 97.6 Å². The van der Waals surface area contributed by atoms with Crippen molar-refractivity contribution in [3.05, 3.63) is 29.5 Å². The molecular weight excluding hydrogens is 404 g/mol. The number of urea groups is 1. The number of rotatable bonds is 8. The second-order valence-corrected chi connectivity index (χ2v) is 9.11. The number of nitrogen functional groups attached to an aromatic ring is 1. The van der Waals surface area contributed by atoms with Crippen LogP contribution in [0, 0.1) is 5.92 Å². The fourth-order valence-corrected chi connectivity index (χ4v) is 4.55. The van der Waals surface area contributed by atoms with Gasteiger partial charge in [0.2, 0.25) is 0 Å². The zero-order chi connectivity index (χ0) is 22.7. The summed E-state index contributed by atoms with van der Waals surface area (Å²) in [5.41, 5.74) is 9.31. The number of carbonyl (C=O) groups is 2. The Morgan fingerprint density at radius 3 is 2.62 bits per heavy atom. The summed E-state index contributed by atoms with van der Waals surface area (Å²) in [6, 6.07) is 3.99. The molecule has 0 radical (unpaired) electrons. The first-order valence-electron chi connectivity index (χ1n) is 11.8. The first-order valence-corrected chi connectivity index (χ1v) is 11.8. The highest BCUT2D eigenvalue weighted by atomic mass is 16.5. The zero-order valence-corrected chi connectivity index (χ0v) is 19.2. The Morgan fingerprint density at radius 2 is 1.97 bits per heavy atom. The molecule has 0 spiro atoms. The van der Waals surface area contributed by atoms with E-state index in [0.717, 1.165) is 67.3 Å². The zero-order valence-electron chi connectivity index (χ0n) is 19.2. The predicted octanol–water partition coefficient (Wildman–Crippen LogP) is 4.50. The van der Waals surface area contributed by atoms with E-state index in [0.29, 0.717) is 36.7 Å². The number of benzene rings is 1. The first-order chi connectivity index (χ1) is 15.5. The first kappa shape index (κ1) is 22.4. The number of aromatic nitrogens is 1. The van der Waals surface area contributed by atoms with Gasteiger partial charge in [-0.05, 0) is 55.6 Å². The van der Waals surface area contributed by atoms with E-state index in [4.69, 9.17) is 10.5 Å². The lowest BCUT2D eigenvalue weighted by Crippen LogP contribution is -2.44. The number of pyridine rings is 1. The molecule has 4 rings (SSSR count). The van der Waals surface area contributed by atoms with E-state index < -0.39 is 0 Å². The average molecular weight is 439 g/mol. The molecule has 0 bridgehead atoms. The summed E-state index contributed by atoms with van der Waals surface area (Å²) in [5, 5.41) is 3.81. The van der Waals surface area contributed by atoms with E-state index in [9.17, 15) is 9.59 Å². The number of Topliss-reactive ketones (excluding diaryl/α,β-unsaturated/α-hetero) is 1. The number of ether oxygens (including phenoxy) is 1. The van der Waals surface area contributed by atoms with Gasteiger partial charge in [0.05, 0.1) is 23.9 Å². The lowest BCUT2D eigenvalue weighted by Gasteiger charge is -2.33. The third kappa shape index (κ3) is 4.81. The minimum absolute atomic E-state index is 0.0228. The molecule has 2 aliphatic rings. The second-order valence-electron chi connectivity index (χ2n) is 9.11. The lowest BCUT2D eigenvalue weighted by molar-refractivity contribution is 0.0976. The van der Waals surface area contributed by atoms with E-state index >= 15 is 0 Å². The largest absolute Gasteiger partial charge is 0.496 e. The van der Waals surface area contributed by atoms with Gasteiger partial charge in [0.25, 0.3) is 0 Å². The molecule has 1 saturated heterocycles. The van der Waals surface area contributed by atoms with Crippen LogP contribution in [-0.4, -0.2) is 48.4 Å². The van der Waals surface area contributed by atoms with Gasteiger partial charge in [0, 0.05) is 43.7 Å². The number of piperidine rings is 1. The van der Waals surface area contributed by atoms with Crippen molar-refractivity contribution in [2.45, 2.75) is 57.8 Å². The average Bonchev–Trinajstić information content (AvgIpc) is 3.62. The second kappa shape index (κ2) is 9.76. The van der Waals surface area contributed by atoms with Crippen LogP contribution in [0.2, 0.25) is 0 Å². The molecule has 1 aliphatic heterocycles. The van der Waals surface area contributed by atoms with E-state index in [-0.39, 0.29) is 17.7 Å². The number of nitrogens with two attached hydrogens (primary N) is 1. The van der Waals surface area contributed by atoms with Crippen LogP contribution in [0.25, 0.3) is 10.9 Å². The summed E-state index contributed by atoms with van der Waals surface area (Å²) in [6.45, 7) is 4.25. The molecule has 3 N–H and O–H groups in total. The molecule has 1 aromatic heterocycles. The fourth-order valence-electron chi connectivity index (χ4n) is 4.55. The molecule has 0 unspecified atom stereocenters. The number of nitrogens with one attached hydrogen (secondary N) is 1. The van der Waals surface area contributed by atoms with E-state index in [2.05, 4.69) is 17.2 Å². The van der Waals surface area contributed by atoms with Crippen molar-refractivity contribution in [3.63, 3.8) is 0 Å². The number of hydrogen-bond donors (Lipinski definition) is 2. The SMILES string of the molecule is CCCCNC(=O)N1CCC(c2cc3c(N)c(C(=O)CC4CC4)cnc3cc2OC)CC1. The number of methoxy groups -OCH3 is 1. The van der Waals surface area contributed by atoms with Crippen molar-refractivity contribution in [2.24, 2.45) is 5.92 Å². The van der Waals surface area contributed by atoms with E-state index in [1.54, 1.807) is 13.3 Å². The van der Waals surface area contributed by atoms with Gasteiger partial charge in [-0.1, -0.05) is 13.3 Å². The van der Waals surface area contributed by atoms with Gasteiger partial charge in [-0.15, -0.1) is 0 Å². The van der Waals surface area contributed by atoms with Crippen molar-refractivity contribution in [3.8, 4) is 5.75 Å². The molecule has 0 atom stereocenters. The fraction of sp³-hybridized carbons (Fsp3) is 0.560. The normalized spacial score (nSPS) is 16.9. The Morgan fingerprint density at radius 1 is 1.22 bits per heavy atom. The molecule has 172 valence electrons. The van der Waals surface area contributed by atoms with Crippen LogP contribution in [0.3, 0.4) is 0 Å². The van der Waals surface area contributed by atoms with Gasteiger partial charge in [0.15, 0.2) is 5.78 Å². The minimum Gasteiger partial charge on any atom is -0.496 e. The minimum atomic E-state index is 0.0228. The van der Waals surface area contributed by atoms with Crippen LogP contribution in [-0.2, 0) is 0 Å². The number of carbonyl (C=O) groups excluding carboxylic acids is 2. The highest BCUT2D eigenvalue weighted by Crippen LogP contribution is 2.39. The third-order valence-electron chi connectivity index (χ3n) is 6.76. The maximum atomic E-state index is 12.7. The van der Waals surface area contributed by atoms with Crippen molar-refractivity contribution in [1.29, 1.82) is 0 Å². The number of fused-ring (bicyclic) bond motifs is 1. The van der Waals surface area contributed by atoms with E-state index in [1.807, 2.05) is 17.0 Å². The summed E-state index contributed by atoms with van der Waals surface area (Å²) in [5.74, 6) is 1.64. The van der Waals surface area contributed by atoms with Crippen LogP contribution in [0.1, 0.15) is 73.7 Å². The maximum Gasteiger partial charge on any atom is 0.317 e. The number of unbranched alkanes of at least 4 members (excludes halogenated alkanes) is 1. The van der Waals surface area contributed by atoms with Gasteiger partial charge in [-0.25, -0.2) is 4.79 Å². The standard InChI is InChI=1S/C25H34N4O3/c1-3-4-9-27-25(31)29-10-7-17(8-11-29)18-13-19-21(14-23(18)32-2)28-15-20(24(19)26)22(30)12-16-5-6-16/h13-17H,3-12H2,1-2H3,(H2,26,28)(H,27,31). The maximum absolute atomic E-state index is 12.7. The molecule has 2 amide bonds. The summed E-state index contributed by atoms with van der Waals surface area (Å²) in [6.07, 6.45) is 8.20. The van der Waals surface area contributed by atoms with Gasteiger partial charge in [-0.2, -0.15) is 0 Å². The summed E-state index contributed by atoms with van der Waals surface area (Å²) >= 11 is 0. The molecule has 2 aromatic rings. The van der Waals surface area contributed by atoms with Gasteiger partial charge < -0.3 is 20.7 Å². The summed E-state index contributed by atoms with van der Waals surface area (Å²) in [4.78, 5) is 31.5. The summed E-state index contributed by atoms with van der Waals surface area (Å²) < 4.78 is 5.68. The van der Waals surface area contributed by atoms with Crippen LogP contribution in [0.15, 0.2) is 18.3 Å². The lowest BCUT2D eigenvalue weighted by atomic mass is 9.87. The summed E-state index contributed by atoms with van der Waals surface area (Å²) in [7, 11) is 1.66. The Labute approximate surface area is 189 Å². The molecule has 7 heteroatoms. The number of amides is 2. The molecule has 7 nitrogen and oxygen atoms in total. The van der Waals surface area contributed by atoms with Gasteiger partial charge in [-0.3, -0.25) is 9.78 Å². The molecule has 32 heavy (non-hydrogen) atoms. The quantitative estimate of drug-likeness (QED) is 0.467. The Hall–Kier alpha value is -2.83. The smallest absolute Gasteiger partial charge is 0.317 e. The molecular formula is C25H34N4O3. The number of ketones is 1. The van der Waals surface area contributed by atoms with Crippen molar-refractivity contribution >= 4 is 28.4 Å². The van der Waals surface area contributed by atoms with Crippen LogP contribution in [0.5, 0.6) is 5.75 Å². The van der Waals surface area contributed by atoms with Gasteiger partial charge in [0.1, 0.15) is 5.75 Å². The van der Waals surface area contributed by atoms with E-state index in [1.165, 1.54) is 0 Å². The monoisotopic (exact) mass is 438 g/mol. The Bertz CT molecular complexity index is 994. The predicted molar refractivity (Wildman–Crippen MR) is 126 cm³/mol. The van der Waals surface area contributed by atoms with Crippen LogP contribution < -0.4 is 15.8 Å². The highest BCUT2D eigenvalue weighted by Gasteiger charge is 2.28. The van der Waals surface area contributed by atoms with Crippen LogP contribution in [0.4, 0.5) is 10.5 Å². The number of nitrogens with zero attached hydrogens (tertiary/aromatic N) is 2. The number of hydrogen-bond acceptors (Lipinski definition) is 5. The van der Waals surface area contributed by atoms with Crippen LogP contribution >= 0.6 is 0 Å². The molecule has 2 heterocycles. The third-order valence-corrected chi connectivity index (χ3v) is 6.76. The molecule has 1 aliphatic carbocycles. The molecule has 1 saturated carbocycles. The number of anilines is 1. The molecule has 1 aromatic carbocycles. The molecule has 2 fully saturated rings. The highest BCUT2D eigenvalue weighted by molar-refractivity contribution is 6.07. The van der Waals surface area contributed by atoms with Crippen molar-refractivity contribution in [2.75, 3.05) is 32.5 Å². The number of likely N-dealkylation sites (tertiary alicyclic amines) is 1.